The van der Waals surface area contributed by atoms with Crippen LogP contribution >= 0.6 is 11.6 Å². The highest BCUT2D eigenvalue weighted by molar-refractivity contribution is 6.31. The van der Waals surface area contributed by atoms with Gasteiger partial charge in [-0.25, -0.2) is 4.39 Å². The Hall–Kier alpha value is -2.85. The van der Waals surface area contributed by atoms with Gasteiger partial charge in [-0.1, -0.05) is 54.1 Å². The van der Waals surface area contributed by atoms with E-state index in [2.05, 4.69) is 5.32 Å². The number of hydrogen-bond donors (Lipinski definition) is 1. The monoisotopic (exact) mass is 380 g/mol. The van der Waals surface area contributed by atoms with Gasteiger partial charge in [0.05, 0.1) is 0 Å². The van der Waals surface area contributed by atoms with Crippen LogP contribution in [-0.2, 0) is 6.54 Å². The van der Waals surface area contributed by atoms with Crippen LogP contribution in [0.4, 0.5) is 10.1 Å². The zero-order chi connectivity index (χ0) is 19.0. The summed E-state index contributed by atoms with van der Waals surface area (Å²) in [6, 6.07) is 19.9. The number of fused-ring (bicyclic) bond motifs is 1. The summed E-state index contributed by atoms with van der Waals surface area (Å²) < 4.78 is 14.0. The van der Waals surface area contributed by atoms with Crippen LogP contribution in [0.5, 0.6) is 0 Å². The summed E-state index contributed by atoms with van der Waals surface area (Å²) >= 11 is 6.30. The molecule has 3 nitrogen and oxygen atoms in total. The van der Waals surface area contributed by atoms with Crippen LogP contribution in [0.2, 0.25) is 5.02 Å². The summed E-state index contributed by atoms with van der Waals surface area (Å²) in [5.41, 5.74) is 3.58. The van der Waals surface area contributed by atoms with Crippen molar-refractivity contribution in [2.75, 3.05) is 5.32 Å². The van der Waals surface area contributed by atoms with Gasteiger partial charge in [0.2, 0.25) is 0 Å². The number of nitrogens with one attached hydrogen (secondary N) is 1. The van der Waals surface area contributed by atoms with E-state index >= 15 is 0 Å². The smallest absolute Gasteiger partial charge is 0.256 e. The minimum absolute atomic E-state index is 0.0735. The minimum Gasteiger partial charge on any atom is -0.361 e. The Morgan fingerprint density at radius 2 is 1.81 bits per heavy atom. The summed E-state index contributed by atoms with van der Waals surface area (Å²) in [7, 11) is 0. The predicted octanol–water partition coefficient (Wildman–Crippen LogP) is 5.55. The normalized spacial score (nSPS) is 15.7. The fourth-order valence-electron chi connectivity index (χ4n) is 3.34. The van der Waals surface area contributed by atoms with Crippen molar-refractivity contribution in [2.45, 2.75) is 19.6 Å². The number of benzene rings is 3. The first-order chi connectivity index (χ1) is 13.0. The van der Waals surface area contributed by atoms with Crippen molar-refractivity contribution < 1.29 is 9.18 Å². The first-order valence-corrected chi connectivity index (χ1v) is 9.08. The van der Waals surface area contributed by atoms with Crippen LogP contribution in [0.15, 0.2) is 66.7 Å². The van der Waals surface area contributed by atoms with Crippen molar-refractivity contribution in [3.05, 3.63) is 99.8 Å². The molecule has 1 aliphatic heterocycles. The molecule has 27 heavy (non-hydrogen) atoms. The first-order valence-electron chi connectivity index (χ1n) is 8.70. The van der Waals surface area contributed by atoms with Crippen LogP contribution in [0.25, 0.3) is 0 Å². The molecule has 1 N–H and O–H groups in total. The van der Waals surface area contributed by atoms with Gasteiger partial charge in [0.15, 0.2) is 0 Å². The highest BCUT2D eigenvalue weighted by atomic mass is 35.5. The highest BCUT2D eigenvalue weighted by Gasteiger charge is 2.36. The Kier molecular flexibility index (Phi) is 4.58. The van der Waals surface area contributed by atoms with Gasteiger partial charge in [0.1, 0.15) is 12.0 Å². The summed E-state index contributed by atoms with van der Waals surface area (Å²) in [6.07, 6.45) is -0.396. The molecule has 0 aliphatic carbocycles. The molecule has 1 unspecified atom stereocenters. The van der Waals surface area contributed by atoms with Crippen molar-refractivity contribution in [1.82, 2.24) is 4.90 Å². The molecule has 0 radical (unpaired) electrons. The Morgan fingerprint density at radius 3 is 2.59 bits per heavy atom. The summed E-state index contributed by atoms with van der Waals surface area (Å²) in [6.45, 7) is 2.08. The van der Waals surface area contributed by atoms with Crippen molar-refractivity contribution in [2.24, 2.45) is 0 Å². The van der Waals surface area contributed by atoms with E-state index in [1.54, 1.807) is 17.9 Å². The van der Waals surface area contributed by atoms with Crippen LogP contribution < -0.4 is 5.32 Å². The molecule has 0 saturated heterocycles. The molecule has 0 aromatic heterocycles. The number of carbonyl (C=O) groups excluding carboxylic acids is 1. The molecule has 4 rings (SSSR count). The van der Waals surface area contributed by atoms with E-state index in [4.69, 9.17) is 11.6 Å². The minimum atomic E-state index is -0.396. The van der Waals surface area contributed by atoms with Crippen LogP contribution in [0.1, 0.15) is 33.2 Å². The zero-order valence-electron chi connectivity index (χ0n) is 14.7. The molecule has 5 heteroatoms. The van der Waals surface area contributed by atoms with Gasteiger partial charge < -0.3 is 10.2 Å². The van der Waals surface area contributed by atoms with E-state index in [0.717, 1.165) is 11.1 Å². The van der Waals surface area contributed by atoms with Gasteiger partial charge in [-0.3, -0.25) is 4.79 Å². The quantitative estimate of drug-likeness (QED) is 0.643. The van der Waals surface area contributed by atoms with E-state index in [0.29, 0.717) is 28.4 Å². The first kappa shape index (κ1) is 17.6. The van der Waals surface area contributed by atoms with Crippen molar-refractivity contribution in [3.63, 3.8) is 0 Å². The lowest BCUT2D eigenvalue weighted by Gasteiger charge is -2.27. The molecule has 1 atom stereocenters. The second-order valence-corrected chi connectivity index (χ2v) is 7.03. The van der Waals surface area contributed by atoms with E-state index < -0.39 is 6.17 Å². The second-order valence-electron chi connectivity index (χ2n) is 6.62. The molecule has 1 aliphatic rings. The maximum Gasteiger partial charge on any atom is 0.256 e. The molecule has 0 spiro atoms. The van der Waals surface area contributed by atoms with Crippen LogP contribution in [-0.4, -0.2) is 10.8 Å². The lowest BCUT2D eigenvalue weighted by Crippen LogP contribution is -2.32. The molecule has 1 heterocycles. The number of amides is 1. The molecule has 0 bridgehead atoms. The van der Waals surface area contributed by atoms with E-state index in [-0.39, 0.29) is 11.7 Å². The maximum atomic E-state index is 14.0. The average molecular weight is 381 g/mol. The van der Waals surface area contributed by atoms with E-state index in [1.807, 2.05) is 54.6 Å². The standard InChI is InChI=1S/C22H18ClFN2O/c1-14-10-11-16(12-20(14)24)25-21-17-7-3-4-8-18(17)22(27)26(21)13-15-6-2-5-9-19(15)23/h2-12,21,25H,13H2,1H3. The zero-order valence-corrected chi connectivity index (χ0v) is 15.5. The van der Waals surface area contributed by atoms with Gasteiger partial charge >= 0.3 is 0 Å². The number of rotatable bonds is 4. The van der Waals surface area contributed by atoms with E-state index in [1.165, 1.54) is 6.07 Å². The molecular weight excluding hydrogens is 363 g/mol. The lowest BCUT2D eigenvalue weighted by molar-refractivity contribution is 0.0729. The van der Waals surface area contributed by atoms with Crippen molar-refractivity contribution >= 4 is 23.2 Å². The Bertz CT molecular complexity index is 1020. The predicted molar refractivity (Wildman–Crippen MR) is 105 cm³/mol. The summed E-state index contributed by atoms with van der Waals surface area (Å²) in [5, 5.41) is 3.92. The van der Waals surface area contributed by atoms with Gasteiger partial charge in [0, 0.05) is 28.4 Å². The van der Waals surface area contributed by atoms with E-state index in [9.17, 15) is 9.18 Å². The summed E-state index contributed by atoms with van der Waals surface area (Å²) in [5.74, 6) is -0.356. The average Bonchev–Trinajstić information content (AvgIpc) is 2.92. The Morgan fingerprint density at radius 1 is 1.07 bits per heavy atom. The number of carbonyl (C=O) groups is 1. The van der Waals surface area contributed by atoms with Crippen molar-refractivity contribution in [3.8, 4) is 0 Å². The Balaban J connectivity index is 1.71. The second kappa shape index (κ2) is 7.05. The molecule has 0 fully saturated rings. The number of anilines is 1. The summed E-state index contributed by atoms with van der Waals surface area (Å²) in [4.78, 5) is 14.7. The largest absolute Gasteiger partial charge is 0.361 e. The Labute approximate surface area is 162 Å². The van der Waals surface area contributed by atoms with Gasteiger partial charge in [-0.2, -0.15) is 0 Å². The highest BCUT2D eigenvalue weighted by Crippen LogP contribution is 2.36. The third kappa shape index (κ3) is 3.28. The SMILES string of the molecule is Cc1ccc(NC2c3ccccc3C(=O)N2Cc2ccccc2Cl)cc1F. The van der Waals surface area contributed by atoms with Gasteiger partial charge in [-0.15, -0.1) is 0 Å². The fraction of sp³-hybridized carbons (Fsp3) is 0.136. The molecule has 3 aromatic rings. The molecule has 1 amide bonds. The molecule has 3 aromatic carbocycles. The molecular formula is C22H18ClFN2O. The van der Waals surface area contributed by atoms with Crippen LogP contribution in [0, 0.1) is 12.7 Å². The third-order valence-electron chi connectivity index (χ3n) is 4.83. The topological polar surface area (TPSA) is 32.3 Å². The van der Waals surface area contributed by atoms with Gasteiger partial charge in [0.25, 0.3) is 5.91 Å². The van der Waals surface area contributed by atoms with Crippen molar-refractivity contribution in [1.29, 1.82) is 0 Å². The van der Waals surface area contributed by atoms with Gasteiger partial charge in [-0.05, 0) is 42.3 Å². The third-order valence-corrected chi connectivity index (χ3v) is 5.20. The molecule has 0 saturated carbocycles. The van der Waals surface area contributed by atoms with Crippen LogP contribution in [0.3, 0.4) is 0 Å². The number of nitrogens with zero attached hydrogens (tertiary/aromatic N) is 1. The number of hydrogen-bond acceptors (Lipinski definition) is 2. The fourth-order valence-corrected chi connectivity index (χ4v) is 3.53. The lowest BCUT2D eigenvalue weighted by atomic mass is 10.1. The number of aryl methyl sites for hydroxylation is 1. The molecule has 136 valence electrons. The maximum absolute atomic E-state index is 14.0. The number of halogens is 2.